The largest absolute Gasteiger partial charge is 0.497 e. The van der Waals surface area contributed by atoms with Gasteiger partial charge in [0.1, 0.15) is 11.5 Å². The molecule has 0 unspecified atom stereocenters. The van der Waals surface area contributed by atoms with Crippen molar-refractivity contribution in [2.75, 3.05) is 30.5 Å². The summed E-state index contributed by atoms with van der Waals surface area (Å²) in [4.78, 5) is 70.6. The van der Waals surface area contributed by atoms with Gasteiger partial charge in [0, 0.05) is 21.7 Å². The maximum Gasteiger partial charge on any atom is 0.338 e. The van der Waals surface area contributed by atoms with Gasteiger partial charge in [0.2, 0.25) is 11.8 Å². The third kappa shape index (κ3) is 5.39. The van der Waals surface area contributed by atoms with Crippen LogP contribution in [-0.4, -0.2) is 54.2 Å². The Labute approximate surface area is 295 Å². The molecule has 1 saturated heterocycles. The molecule has 2 saturated carbocycles. The molecule has 2 bridgehead atoms. The molecule has 3 fully saturated rings. The normalized spacial score (nSPS) is 25.9. The first kappa shape index (κ1) is 32.3. The van der Waals surface area contributed by atoms with Crippen LogP contribution in [0.2, 0.25) is 0 Å². The smallest absolute Gasteiger partial charge is 0.338 e. The molecular weight excluding hydrogens is 679 g/mol. The second kappa shape index (κ2) is 12.8. The highest BCUT2D eigenvalue weighted by Crippen LogP contribution is 2.68. The van der Waals surface area contributed by atoms with Crippen LogP contribution in [-0.2, 0) is 19.1 Å². The van der Waals surface area contributed by atoms with E-state index in [1.54, 1.807) is 74.3 Å². The van der Waals surface area contributed by atoms with Gasteiger partial charge in [-0.15, -0.1) is 11.8 Å². The molecule has 2 aliphatic carbocycles. The summed E-state index contributed by atoms with van der Waals surface area (Å²) in [5, 5.41) is 3.68. The van der Waals surface area contributed by atoms with E-state index < -0.39 is 17.8 Å². The quantitative estimate of drug-likeness (QED) is 0.174. The van der Waals surface area contributed by atoms with Crippen LogP contribution in [0.1, 0.15) is 40.1 Å². The van der Waals surface area contributed by atoms with E-state index in [4.69, 9.17) is 14.2 Å². The fraction of sp³-hybridized carbons (Fsp3) is 0.324. The Morgan fingerprint density at radius 1 is 0.900 bits per heavy atom. The summed E-state index contributed by atoms with van der Waals surface area (Å²) >= 11 is 2.83. The van der Waals surface area contributed by atoms with E-state index in [2.05, 4.69) is 10.3 Å². The number of fused-ring (bicyclic) bond motifs is 9. The highest BCUT2D eigenvalue weighted by molar-refractivity contribution is 8.00. The van der Waals surface area contributed by atoms with Crippen LogP contribution in [0.25, 0.3) is 0 Å². The number of carbonyl (C=O) groups excluding carboxylic acids is 4. The molecule has 2 N–H and O–H groups in total. The van der Waals surface area contributed by atoms with Crippen molar-refractivity contribution in [3.05, 3.63) is 98.5 Å². The Kier molecular flexibility index (Phi) is 8.26. The molecule has 3 amide bonds. The predicted octanol–water partition coefficient (Wildman–Crippen LogP) is 5.32. The van der Waals surface area contributed by atoms with E-state index in [1.807, 2.05) is 24.3 Å². The van der Waals surface area contributed by atoms with E-state index in [0.717, 1.165) is 21.9 Å². The topological polar surface area (TPSA) is 144 Å². The zero-order valence-electron chi connectivity index (χ0n) is 27.1. The minimum Gasteiger partial charge on any atom is -0.497 e. The number of rotatable bonds is 9. The molecule has 0 radical (unpaired) electrons. The van der Waals surface area contributed by atoms with Gasteiger partial charge < -0.3 is 24.5 Å². The minimum absolute atomic E-state index is 0.0221. The number of nitrogens with zero attached hydrogens (tertiary/aromatic N) is 1. The SMILES string of the molecule is CCOC(=O)c1ccc(N2C(=O)[C@H]3[C@H]4C[C@@H]([C@@H]3C2=O)[C@@H]2[C@H](c3ccc(OCC(=O)Nc5ccc(OC)cc5)cc3)c3sc(=O)[nH]c3S[C@H]42)cc1. The highest BCUT2D eigenvalue weighted by Gasteiger charge is 2.69. The number of H-pyrrole nitrogens is 1. The third-order valence-electron chi connectivity index (χ3n) is 10.3. The number of esters is 1. The molecule has 4 aliphatic rings. The Morgan fingerprint density at radius 2 is 1.58 bits per heavy atom. The number of nitrogens with one attached hydrogen (secondary N) is 2. The van der Waals surface area contributed by atoms with Gasteiger partial charge in [-0.3, -0.25) is 24.1 Å². The van der Waals surface area contributed by atoms with Crippen molar-refractivity contribution in [3.63, 3.8) is 0 Å². The molecule has 7 atom stereocenters. The molecular formula is C37H33N3O8S2. The third-order valence-corrected chi connectivity index (χ3v) is 12.9. The highest BCUT2D eigenvalue weighted by atomic mass is 32.2. The number of imide groups is 1. The molecule has 2 aliphatic heterocycles. The second-order valence-electron chi connectivity index (χ2n) is 12.9. The van der Waals surface area contributed by atoms with Gasteiger partial charge in [0.05, 0.1) is 41.8 Å². The lowest BCUT2D eigenvalue weighted by molar-refractivity contribution is -0.123. The molecule has 4 aromatic rings. The lowest BCUT2D eigenvalue weighted by Gasteiger charge is -2.43. The molecule has 13 heteroatoms. The average Bonchev–Trinajstić information content (AvgIpc) is 3.87. The van der Waals surface area contributed by atoms with Crippen molar-refractivity contribution in [1.29, 1.82) is 0 Å². The van der Waals surface area contributed by atoms with Crippen molar-refractivity contribution >= 4 is 58.2 Å². The second-order valence-corrected chi connectivity index (χ2v) is 15.1. The zero-order chi connectivity index (χ0) is 34.7. The van der Waals surface area contributed by atoms with Crippen molar-refractivity contribution in [1.82, 2.24) is 4.98 Å². The number of hydrogen-bond acceptors (Lipinski definition) is 10. The van der Waals surface area contributed by atoms with Crippen LogP contribution >= 0.6 is 23.1 Å². The summed E-state index contributed by atoms with van der Waals surface area (Å²) in [6, 6.07) is 21.0. The number of thiazole rings is 1. The standard InChI is InChI=1S/C37H33N3O8S2/c1-3-47-36(44)19-4-10-21(11-5-19)40-34(42)29-24-16-25(30(29)35(40)43)31-28(24)27(32-33(49-31)39-37(45)50-32)18-6-12-23(13-7-18)48-17-26(41)38-20-8-14-22(46-2)15-9-20/h4-15,24-25,27-31H,3,16-17H2,1-2H3,(H,38,41)(H,39,45)/t24-,25-,27+,28-,29+,30+,31-/m1/s1. The Hall–Kier alpha value is -4.88. The Morgan fingerprint density at radius 3 is 2.26 bits per heavy atom. The maximum absolute atomic E-state index is 14.1. The van der Waals surface area contributed by atoms with Gasteiger partial charge in [0.25, 0.3) is 5.91 Å². The summed E-state index contributed by atoms with van der Waals surface area (Å²) in [5.74, 6) is -1.01. The first-order valence-corrected chi connectivity index (χ1v) is 18.2. The molecule has 0 spiro atoms. The Bertz CT molecular complexity index is 2040. The van der Waals surface area contributed by atoms with E-state index >= 15 is 0 Å². The number of methoxy groups -OCH3 is 1. The summed E-state index contributed by atoms with van der Waals surface area (Å²) in [6.07, 6.45) is 0.769. The van der Waals surface area contributed by atoms with Crippen LogP contribution in [0.5, 0.6) is 11.5 Å². The van der Waals surface area contributed by atoms with Crippen LogP contribution < -0.4 is 24.6 Å². The fourth-order valence-electron chi connectivity index (χ4n) is 8.40. The van der Waals surface area contributed by atoms with Gasteiger partial charge in [-0.1, -0.05) is 23.5 Å². The fourth-order valence-corrected chi connectivity index (χ4v) is 11.3. The van der Waals surface area contributed by atoms with Gasteiger partial charge in [-0.2, -0.15) is 0 Å². The van der Waals surface area contributed by atoms with Crippen LogP contribution in [0.15, 0.2) is 82.6 Å². The molecule has 1 aromatic heterocycles. The van der Waals surface area contributed by atoms with Crippen molar-refractivity contribution in [2.45, 2.75) is 29.5 Å². The van der Waals surface area contributed by atoms with Gasteiger partial charge in [-0.25, -0.2) is 4.79 Å². The van der Waals surface area contributed by atoms with Gasteiger partial charge >= 0.3 is 10.8 Å². The number of amides is 3. The molecule has 256 valence electrons. The summed E-state index contributed by atoms with van der Waals surface area (Å²) in [6.45, 7) is 1.81. The summed E-state index contributed by atoms with van der Waals surface area (Å²) < 4.78 is 16.0. The maximum atomic E-state index is 14.1. The monoisotopic (exact) mass is 711 g/mol. The number of ether oxygens (including phenoxy) is 3. The predicted molar refractivity (Wildman–Crippen MR) is 187 cm³/mol. The van der Waals surface area contributed by atoms with Crippen molar-refractivity contribution < 1.29 is 33.4 Å². The number of anilines is 2. The molecule has 8 rings (SSSR count). The number of hydrogen-bond donors (Lipinski definition) is 2. The van der Waals surface area contributed by atoms with Crippen LogP contribution in [0.4, 0.5) is 11.4 Å². The van der Waals surface area contributed by atoms with E-state index in [1.165, 1.54) is 16.2 Å². The lowest BCUT2D eigenvalue weighted by Crippen LogP contribution is -2.42. The zero-order valence-corrected chi connectivity index (χ0v) is 28.8. The summed E-state index contributed by atoms with van der Waals surface area (Å²) in [5.41, 5.74) is 2.42. The number of thioether (sulfide) groups is 1. The van der Waals surface area contributed by atoms with E-state index in [-0.39, 0.29) is 64.7 Å². The van der Waals surface area contributed by atoms with Crippen molar-refractivity contribution in [2.24, 2.45) is 29.6 Å². The Balaban J connectivity index is 1.02. The number of aromatic amines is 1. The number of benzene rings is 3. The average molecular weight is 712 g/mol. The first-order chi connectivity index (χ1) is 24.2. The van der Waals surface area contributed by atoms with Gasteiger partial charge in [0.15, 0.2) is 6.61 Å². The minimum atomic E-state index is -0.458. The lowest BCUT2D eigenvalue weighted by atomic mass is 9.68. The summed E-state index contributed by atoms with van der Waals surface area (Å²) in [7, 11) is 1.58. The van der Waals surface area contributed by atoms with Gasteiger partial charge in [-0.05, 0) is 97.3 Å². The molecule has 50 heavy (non-hydrogen) atoms. The molecule has 3 aromatic carbocycles. The van der Waals surface area contributed by atoms with E-state index in [0.29, 0.717) is 28.4 Å². The number of aromatic nitrogens is 1. The van der Waals surface area contributed by atoms with Crippen LogP contribution in [0, 0.1) is 29.6 Å². The van der Waals surface area contributed by atoms with Crippen LogP contribution in [0.3, 0.4) is 0 Å². The van der Waals surface area contributed by atoms with Crippen molar-refractivity contribution in [3.8, 4) is 11.5 Å². The molecule has 3 heterocycles. The molecule has 11 nitrogen and oxygen atoms in total. The van der Waals surface area contributed by atoms with E-state index in [9.17, 15) is 24.0 Å². The first-order valence-electron chi connectivity index (χ1n) is 16.5. The number of carbonyl (C=O) groups is 4.